The number of nitrogens with zero attached hydrogens (tertiary/aromatic N) is 3. The van der Waals surface area contributed by atoms with Crippen molar-refractivity contribution in [3.05, 3.63) is 82.8 Å². The van der Waals surface area contributed by atoms with Crippen LogP contribution in [0.4, 0.5) is 32.2 Å². The Balaban J connectivity index is 1.98. The largest absolute Gasteiger partial charge is 0.790 e. The number of aromatic nitrogens is 2. The van der Waals surface area contributed by atoms with Gasteiger partial charge < -0.3 is 18.9 Å². The Morgan fingerprint density at radius 3 is 2.21 bits per heavy atom. The monoisotopic (exact) mass is 507 g/mol. The summed E-state index contributed by atoms with van der Waals surface area (Å²) in [5.41, 5.74) is -3.21. The van der Waals surface area contributed by atoms with E-state index in [1.165, 1.54) is 0 Å². The molecule has 2 aromatic carbocycles. The maximum atomic E-state index is 14.1. The van der Waals surface area contributed by atoms with Gasteiger partial charge in [-0.05, 0) is 24.3 Å². The number of alkyl halides is 3. The summed E-state index contributed by atoms with van der Waals surface area (Å²) in [6, 6.07) is 5.67. The number of hydrogen-bond donors (Lipinski definition) is 0. The zero-order valence-corrected chi connectivity index (χ0v) is 17.5. The molecule has 0 atom stereocenters. The molecule has 0 saturated carbocycles. The van der Waals surface area contributed by atoms with Crippen LogP contribution >= 0.6 is 7.82 Å². The Bertz CT molecular complexity index is 1240. The van der Waals surface area contributed by atoms with Crippen molar-refractivity contribution in [1.82, 2.24) is 9.78 Å². The second kappa shape index (κ2) is 9.58. The molecule has 0 bridgehead atoms. The van der Waals surface area contributed by atoms with E-state index in [0.29, 0.717) is 6.07 Å². The SMILES string of the molecule is O=C(c1c(F)cccc1F)N(COP(=O)([O-])[O-])c1ccn(Cc2c(F)cccc2C(F)(F)F)n1. The molecule has 8 nitrogen and oxygen atoms in total. The number of phosphoric ester groups is 1. The number of phosphoric acid groups is 1. The maximum absolute atomic E-state index is 14.1. The number of benzene rings is 2. The first-order valence-electron chi connectivity index (χ1n) is 9.08. The van der Waals surface area contributed by atoms with E-state index >= 15 is 0 Å². The molecule has 0 unspecified atom stereocenters. The van der Waals surface area contributed by atoms with E-state index in [4.69, 9.17) is 0 Å². The first-order valence-corrected chi connectivity index (χ1v) is 10.5. The Morgan fingerprint density at radius 1 is 1.03 bits per heavy atom. The number of anilines is 1. The molecular formula is C19H12F6N3O5P-2. The van der Waals surface area contributed by atoms with Crippen LogP contribution < -0.4 is 14.7 Å². The second-order valence-electron chi connectivity index (χ2n) is 6.67. The third-order valence-corrected chi connectivity index (χ3v) is 4.85. The summed E-state index contributed by atoms with van der Waals surface area (Å²) < 4.78 is 97.6. The summed E-state index contributed by atoms with van der Waals surface area (Å²) in [6.07, 6.45) is -3.90. The lowest BCUT2D eigenvalue weighted by atomic mass is 10.1. The number of halogens is 6. The van der Waals surface area contributed by atoms with E-state index in [9.17, 15) is 45.5 Å². The quantitative estimate of drug-likeness (QED) is 0.276. The van der Waals surface area contributed by atoms with Crippen molar-refractivity contribution in [2.75, 3.05) is 11.6 Å². The van der Waals surface area contributed by atoms with Gasteiger partial charge >= 0.3 is 6.18 Å². The van der Waals surface area contributed by atoms with Crippen LogP contribution in [0.1, 0.15) is 21.5 Å². The highest BCUT2D eigenvalue weighted by Crippen LogP contribution is 2.33. The Hall–Kier alpha value is -3.19. The van der Waals surface area contributed by atoms with E-state index in [1.807, 2.05) is 0 Å². The molecule has 0 N–H and O–H groups in total. The molecule has 182 valence electrons. The number of amides is 1. The normalized spacial score (nSPS) is 12.1. The van der Waals surface area contributed by atoms with Crippen LogP contribution in [0.3, 0.4) is 0 Å². The first-order chi connectivity index (χ1) is 15.8. The molecule has 0 aliphatic carbocycles. The van der Waals surface area contributed by atoms with E-state index in [1.54, 1.807) is 0 Å². The molecule has 0 saturated heterocycles. The fraction of sp³-hybridized carbons (Fsp3) is 0.158. The average molecular weight is 507 g/mol. The van der Waals surface area contributed by atoms with Crippen LogP contribution in [0, 0.1) is 17.5 Å². The number of rotatable bonds is 7. The predicted molar refractivity (Wildman–Crippen MR) is 99.5 cm³/mol. The minimum atomic E-state index is -5.67. The van der Waals surface area contributed by atoms with Crippen LogP contribution in [0.2, 0.25) is 0 Å². The zero-order valence-electron chi connectivity index (χ0n) is 16.6. The van der Waals surface area contributed by atoms with Gasteiger partial charge in [0.15, 0.2) is 5.82 Å². The fourth-order valence-electron chi connectivity index (χ4n) is 2.92. The maximum Gasteiger partial charge on any atom is 0.416 e. The molecule has 0 spiro atoms. The van der Waals surface area contributed by atoms with Crippen LogP contribution in [-0.4, -0.2) is 22.4 Å². The minimum Gasteiger partial charge on any atom is -0.790 e. The third-order valence-electron chi connectivity index (χ3n) is 4.41. The summed E-state index contributed by atoms with van der Waals surface area (Å²) in [6.45, 7) is -2.12. The number of carbonyl (C=O) groups is 1. The minimum absolute atomic E-state index is 0.270. The summed E-state index contributed by atoms with van der Waals surface area (Å²) >= 11 is 0. The lowest BCUT2D eigenvalue weighted by Gasteiger charge is -2.31. The average Bonchev–Trinajstić information content (AvgIpc) is 3.16. The smallest absolute Gasteiger partial charge is 0.416 e. The predicted octanol–water partition coefficient (Wildman–Crippen LogP) is 2.82. The number of hydrogen-bond acceptors (Lipinski definition) is 6. The van der Waals surface area contributed by atoms with Crippen molar-refractivity contribution in [3.8, 4) is 0 Å². The van der Waals surface area contributed by atoms with Gasteiger partial charge in [-0.3, -0.25) is 14.4 Å². The third kappa shape index (κ3) is 5.83. The van der Waals surface area contributed by atoms with Crippen molar-refractivity contribution in [2.24, 2.45) is 0 Å². The van der Waals surface area contributed by atoms with Gasteiger partial charge in [-0.2, -0.15) is 18.3 Å². The summed E-state index contributed by atoms with van der Waals surface area (Å²) in [4.78, 5) is 34.7. The molecule has 3 aromatic rings. The summed E-state index contributed by atoms with van der Waals surface area (Å²) in [5, 5.41) is 3.75. The summed E-state index contributed by atoms with van der Waals surface area (Å²) in [7, 11) is -5.67. The lowest BCUT2D eigenvalue weighted by molar-refractivity contribution is -0.341. The van der Waals surface area contributed by atoms with Gasteiger partial charge in [0.25, 0.3) is 5.91 Å². The van der Waals surface area contributed by atoms with Crippen molar-refractivity contribution < 1.29 is 50.0 Å². The van der Waals surface area contributed by atoms with Crippen LogP contribution in [-0.2, 0) is 21.8 Å². The molecule has 0 aliphatic rings. The highest BCUT2D eigenvalue weighted by molar-refractivity contribution is 7.43. The van der Waals surface area contributed by atoms with Crippen molar-refractivity contribution in [1.29, 1.82) is 0 Å². The molecule has 0 aliphatic heterocycles. The van der Waals surface area contributed by atoms with Crippen molar-refractivity contribution >= 4 is 19.5 Å². The molecule has 1 heterocycles. The fourth-order valence-corrected chi connectivity index (χ4v) is 3.18. The molecule has 34 heavy (non-hydrogen) atoms. The van der Waals surface area contributed by atoms with Gasteiger partial charge in [0, 0.05) is 17.8 Å². The van der Waals surface area contributed by atoms with Crippen LogP contribution in [0.25, 0.3) is 0 Å². The highest BCUT2D eigenvalue weighted by Gasteiger charge is 2.34. The first kappa shape index (κ1) is 25.4. The zero-order chi connectivity index (χ0) is 25.3. The van der Waals surface area contributed by atoms with Crippen molar-refractivity contribution in [2.45, 2.75) is 12.7 Å². The molecule has 1 amide bonds. The van der Waals surface area contributed by atoms with Gasteiger partial charge in [0.1, 0.15) is 29.7 Å². The molecule has 3 rings (SSSR count). The highest BCUT2D eigenvalue weighted by atomic mass is 31.2. The van der Waals surface area contributed by atoms with E-state index in [0.717, 1.165) is 47.3 Å². The molecule has 0 radical (unpaired) electrons. The van der Waals surface area contributed by atoms with E-state index in [2.05, 4.69) is 9.62 Å². The van der Waals surface area contributed by atoms with Crippen LogP contribution in [0.5, 0.6) is 0 Å². The van der Waals surface area contributed by atoms with Gasteiger partial charge in [-0.15, -0.1) is 0 Å². The summed E-state index contributed by atoms with van der Waals surface area (Å²) in [5.74, 6) is -5.91. The van der Waals surface area contributed by atoms with Crippen molar-refractivity contribution in [3.63, 3.8) is 0 Å². The lowest BCUT2D eigenvalue weighted by Crippen LogP contribution is -2.36. The van der Waals surface area contributed by atoms with E-state index < -0.39 is 73.1 Å². The van der Waals surface area contributed by atoms with Crippen LogP contribution in [0.15, 0.2) is 48.7 Å². The molecule has 1 aromatic heterocycles. The Kier molecular flexibility index (Phi) is 7.17. The molecular weight excluding hydrogens is 495 g/mol. The van der Waals surface area contributed by atoms with Gasteiger partial charge in [-0.25, -0.2) is 13.2 Å². The Labute approximate surface area is 187 Å². The topological polar surface area (TPSA) is 111 Å². The molecule has 15 heteroatoms. The standard InChI is InChI=1S/C19H14F6N3O5P/c20-13-4-1-3-12(19(23,24)25)11(13)9-27-8-7-16(26-27)28(10-33-34(30,31)32)18(29)17-14(21)5-2-6-15(17)22/h1-8H,9-10H2,(H2,30,31,32)/p-2. The van der Waals surface area contributed by atoms with Gasteiger partial charge in [0.05, 0.1) is 19.9 Å². The van der Waals surface area contributed by atoms with E-state index in [-0.39, 0.29) is 4.90 Å². The molecule has 0 fully saturated rings. The Morgan fingerprint density at radius 2 is 1.62 bits per heavy atom. The second-order valence-corrected chi connectivity index (χ2v) is 7.82. The van der Waals surface area contributed by atoms with Gasteiger partial charge in [-0.1, -0.05) is 12.1 Å². The number of carbonyl (C=O) groups excluding carboxylic acids is 1. The van der Waals surface area contributed by atoms with Gasteiger partial charge in [0.2, 0.25) is 0 Å².